The van der Waals surface area contributed by atoms with Crippen molar-refractivity contribution in [3.05, 3.63) is 34.9 Å². The van der Waals surface area contributed by atoms with Gasteiger partial charge in [0, 0.05) is 22.5 Å². The molecule has 1 aliphatic rings. The zero-order valence-corrected chi connectivity index (χ0v) is 14.1. The van der Waals surface area contributed by atoms with E-state index in [0.29, 0.717) is 0 Å². The number of halogens is 1. The molecule has 20 heavy (non-hydrogen) atoms. The van der Waals surface area contributed by atoms with Crippen LogP contribution in [0.25, 0.3) is 0 Å². The molecule has 0 atom stereocenters. The van der Waals surface area contributed by atoms with Crippen LogP contribution < -0.4 is 5.32 Å². The van der Waals surface area contributed by atoms with Gasteiger partial charge in [0.15, 0.2) is 0 Å². The summed E-state index contributed by atoms with van der Waals surface area (Å²) >= 11 is 6.22. The van der Waals surface area contributed by atoms with Gasteiger partial charge in [-0.15, -0.1) is 0 Å². The fraction of sp³-hybridized carbons (Fsp3) is 0.667. The third-order valence-corrected chi connectivity index (χ3v) is 4.86. The van der Waals surface area contributed by atoms with Crippen LogP contribution >= 0.6 is 11.6 Å². The third kappa shape index (κ3) is 3.99. The lowest BCUT2D eigenvalue weighted by molar-refractivity contribution is 0.217. The molecule has 1 nitrogen and oxygen atoms in total. The first-order chi connectivity index (χ1) is 9.31. The van der Waals surface area contributed by atoms with E-state index >= 15 is 0 Å². The molecule has 0 amide bonds. The predicted octanol–water partition coefficient (Wildman–Crippen LogP) is 5.18. The topological polar surface area (TPSA) is 12.0 Å². The summed E-state index contributed by atoms with van der Waals surface area (Å²) < 4.78 is 0. The van der Waals surface area contributed by atoms with Gasteiger partial charge in [-0.2, -0.15) is 0 Å². The Morgan fingerprint density at radius 1 is 1.25 bits per heavy atom. The molecule has 0 radical (unpaired) electrons. The maximum absolute atomic E-state index is 6.22. The van der Waals surface area contributed by atoms with Crippen LogP contribution in [0.3, 0.4) is 0 Å². The van der Waals surface area contributed by atoms with E-state index < -0.39 is 0 Å². The van der Waals surface area contributed by atoms with Crippen LogP contribution in [0.1, 0.15) is 58.9 Å². The normalized spacial score (nSPS) is 27.6. The predicted molar refractivity (Wildman–Crippen MR) is 88.5 cm³/mol. The van der Waals surface area contributed by atoms with Crippen molar-refractivity contribution in [2.75, 3.05) is 6.54 Å². The highest BCUT2D eigenvalue weighted by Crippen LogP contribution is 2.42. The Labute approximate surface area is 129 Å². The minimum absolute atomic E-state index is 0.161. The standard InChI is InChI=1S/C18H28ClN/c1-14-8-10-18(11-9-14,13-20-17(2,3)4)15-6-5-7-16(19)12-15/h5-7,12,14,20H,8-11,13H2,1-4H3. The molecule has 0 bridgehead atoms. The summed E-state index contributed by atoms with van der Waals surface area (Å²) in [5.41, 5.74) is 1.83. The summed E-state index contributed by atoms with van der Waals surface area (Å²) in [6.45, 7) is 10.1. The molecule has 1 aliphatic carbocycles. The fourth-order valence-electron chi connectivity index (χ4n) is 3.13. The number of nitrogens with one attached hydrogen (secondary N) is 1. The number of rotatable bonds is 3. The molecule has 1 aromatic carbocycles. The Hall–Kier alpha value is -0.530. The fourth-order valence-corrected chi connectivity index (χ4v) is 3.33. The van der Waals surface area contributed by atoms with Gasteiger partial charge < -0.3 is 5.32 Å². The quantitative estimate of drug-likeness (QED) is 0.810. The lowest BCUT2D eigenvalue weighted by Gasteiger charge is -2.42. The summed E-state index contributed by atoms with van der Waals surface area (Å²) in [4.78, 5) is 0. The highest BCUT2D eigenvalue weighted by molar-refractivity contribution is 6.30. The van der Waals surface area contributed by atoms with E-state index in [0.717, 1.165) is 17.5 Å². The maximum Gasteiger partial charge on any atom is 0.0408 e. The van der Waals surface area contributed by atoms with Gasteiger partial charge in [0.25, 0.3) is 0 Å². The minimum Gasteiger partial charge on any atom is -0.311 e. The first kappa shape index (κ1) is 15.9. The van der Waals surface area contributed by atoms with Crippen molar-refractivity contribution in [1.82, 2.24) is 5.32 Å². The van der Waals surface area contributed by atoms with E-state index in [-0.39, 0.29) is 11.0 Å². The van der Waals surface area contributed by atoms with Crippen molar-refractivity contribution in [3.63, 3.8) is 0 Å². The highest BCUT2D eigenvalue weighted by atomic mass is 35.5. The molecule has 112 valence electrons. The van der Waals surface area contributed by atoms with Gasteiger partial charge in [0.2, 0.25) is 0 Å². The van der Waals surface area contributed by atoms with Gasteiger partial charge in [0.05, 0.1) is 0 Å². The van der Waals surface area contributed by atoms with Crippen molar-refractivity contribution in [2.24, 2.45) is 5.92 Å². The first-order valence-corrected chi connectivity index (χ1v) is 8.20. The van der Waals surface area contributed by atoms with Crippen LogP contribution in [0.15, 0.2) is 24.3 Å². The SMILES string of the molecule is CC1CCC(CNC(C)(C)C)(c2cccc(Cl)c2)CC1. The first-order valence-electron chi connectivity index (χ1n) is 7.82. The van der Waals surface area contributed by atoms with Crippen molar-refractivity contribution >= 4 is 11.6 Å². The molecule has 2 rings (SSSR count). The van der Waals surface area contributed by atoms with Crippen LogP contribution in [0.4, 0.5) is 0 Å². The van der Waals surface area contributed by atoms with Crippen molar-refractivity contribution in [3.8, 4) is 0 Å². The minimum atomic E-state index is 0.161. The summed E-state index contributed by atoms with van der Waals surface area (Å²) in [7, 11) is 0. The Morgan fingerprint density at radius 3 is 2.45 bits per heavy atom. The molecule has 1 saturated carbocycles. The van der Waals surface area contributed by atoms with E-state index in [1.165, 1.54) is 31.2 Å². The molecule has 0 aliphatic heterocycles. The van der Waals surface area contributed by atoms with Gasteiger partial charge in [-0.1, -0.05) is 30.7 Å². The molecule has 0 unspecified atom stereocenters. The van der Waals surface area contributed by atoms with Crippen molar-refractivity contribution in [2.45, 2.75) is 64.3 Å². The van der Waals surface area contributed by atoms with Crippen LogP contribution in [0.2, 0.25) is 5.02 Å². The molecular formula is C18H28ClN. The lowest BCUT2D eigenvalue weighted by Crippen LogP contribution is -2.47. The molecule has 2 heteroatoms. The molecule has 0 heterocycles. The monoisotopic (exact) mass is 293 g/mol. The summed E-state index contributed by atoms with van der Waals surface area (Å²) in [6.07, 6.45) is 5.16. The van der Waals surface area contributed by atoms with Gasteiger partial charge in [-0.3, -0.25) is 0 Å². The van der Waals surface area contributed by atoms with Gasteiger partial charge >= 0.3 is 0 Å². The van der Waals surface area contributed by atoms with Crippen LogP contribution in [0.5, 0.6) is 0 Å². The smallest absolute Gasteiger partial charge is 0.0408 e. The molecule has 0 spiro atoms. The molecule has 0 saturated heterocycles. The Balaban J connectivity index is 2.24. The summed E-state index contributed by atoms with van der Waals surface area (Å²) in [5, 5.41) is 4.58. The Morgan fingerprint density at radius 2 is 1.90 bits per heavy atom. The van der Waals surface area contributed by atoms with Gasteiger partial charge in [0.1, 0.15) is 0 Å². The zero-order chi connectivity index (χ0) is 14.8. The molecule has 1 fully saturated rings. The van der Waals surface area contributed by atoms with Crippen LogP contribution in [0, 0.1) is 5.92 Å². The average molecular weight is 294 g/mol. The average Bonchev–Trinajstić information content (AvgIpc) is 2.38. The van der Waals surface area contributed by atoms with Crippen molar-refractivity contribution < 1.29 is 0 Å². The molecule has 1 N–H and O–H groups in total. The zero-order valence-electron chi connectivity index (χ0n) is 13.3. The molecule has 0 aromatic heterocycles. The van der Waals surface area contributed by atoms with E-state index in [9.17, 15) is 0 Å². The second-order valence-corrected chi connectivity index (χ2v) is 8.01. The van der Waals surface area contributed by atoms with E-state index in [1.54, 1.807) is 0 Å². The second kappa shape index (κ2) is 6.07. The van der Waals surface area contributed by atoms with E-state index in [1.807, 2.05) is 6.07 Å². The summed E-state index contributed by atoms with van der Waals surface area (Å²) in [5.74, 6) is 0.858. The van der Waals surface area contributed by atoms with E-state index in [2.05, 4.69) is 51.2 Å². The summed E-state index contributed by atoms with van der Waals surface area (Å²) in [6, 6.07) is 8.49. The van der Waals surface area contributed by atoms with E-state index in [4.69, 9.17) is 11.6 Å². The molecular weight excluding hydrogens is 266 g/mol. The van der Waals surface area contributed by atoms with Crippen molar-refractivity contribution in [1.29, 1.82) is 0 Å². The van der Waals surface area contributed by atoms with Gasteiger partial charge in [-0.05, 0) is 70.1 Å². The van der Waals surface area contributed by atoms with Crippen LogP contribution in [-0.2, 0) is 5.41 Å². The Kier molecular flexibility index (Phi) is 4.81. The van der Waals surface area contributed by atoms with Crippen LogP contribution in [-0.4, -0.2) is 12.1 Å². The lowest BCUT2D eigenvalue weighted by atomic mass is 9.66. The number of hydrogen-bond acceptors (Lipinski definition) is 1. The number of benzene rings is 1. The maximum atomic E-state index is 6.22. The van der Waals surface area contributed by atoms with Gasteiger partial charge in [-0.25, -0.2) is 0 Å². The molecule has 1 aromatic rings. The second-order valence-electron chi connectivity index (χ2n) is 7.58. The third-order valence-electron chi connectivity index (χ3n) is 4.63. The Bertz CT molecular complexity index is 439. The largest absolute Gasteiger partial charge is 0.311 e. The highest BCUT2D eigenvalue weighted by Gasteiger charge is 2.36. The number of hydrogen-bond donors (Lipinski definition) is 1.